The first kappa shape index (κ1) is 8.56. The molecule has 0 aromatic heterocycles. The fourth-order valence-corrected chi connectivity index (χ4v) is 0.778. The maximum Gasteiger partial charge on any atom is 0.570 e. The Kier molecular flexibility index (Phi) is 2.67. The normalized spacial score (nSPS) is 8.75. The van der Waals surface area contributed by atoms with E-state index in [9.17, 15) is 4.39 Å². The minimum absolute atomic E-state index is 0.219. The van der Waals surface area contributed by atoms with Crippen molar-refractivity contribution in [3.05, 3.63) is 30.1 Å². The van der Waals surface area contributed by atoms with Crippen LogP contribution in [0.1, 0.15) is 0 Å². The topological polar surface area (TPSA) is 53.2 Å². The Hall–Kier alpha value is -1.54. The molecular formula is C7H5BFNO2. The van der Waals surface area contributed by atoms with Crippen molar-refractivity contribution < 1.29 is 14.1 Å². The summed E-state index contributed by atoms with van der Waals surface area (Å²) in [6.07, 6.45) is 1.31. The van der Waals surface area contributed by atoms with Crippen molar-refractivity contribution >= 4 is 12.6 Å². The van der Waals surface area contributed by atoms with Crippen molar-refractivity contribution in [3.8, 4) is 6.26 Å². The Morgan fingerprint density at radius 1 is 1.58 bits per heavy atom. The van der Waals surface area contributed by atoms with Gasteiger partial charge in [-0.05, 0) is 12.1 Å². The van der Waals surface area contributed by atoms with Gasteiger partial charge in [0.1, 0.15) is 5.82 Å². The van der Waals surface area contributed by atoms with E-state index in [0.717, 1.165) is 6.07 Å². The molecule has 0 unspecified atom stereocenters. The number of hydrogen-bond acceptors (Lipinski definition) is 3. The summed E-state index contributed by atoms with van der Waals surface area (Å²) in [5, 5.41) is 17.1. The third-order valence-electron chi connectivity index (χ3n) is 1.30. The summed E-state index contributed by atoms with van der Waals surface area (Å²) in [6, 6.07) is 5.23. The molecule has 0 saturated heterocycles. The van der Waals surface area contributed by atoms with Gasteiger partial charge in [-0.15, -0.1) is 0 Å². The Morgan fingerprint density at radius 3 is 2.92 bits per heavy atom. The second-order valence-corrected chi connectivity index (χ2v) is 2.12. The molecule has 0 bridgehead atoms. The molecule has 60 valence electrons. The molecule has 3 nitrogen and oxygen atoms in total. The highest BCUT2D eigenvalue weighted by atomic mass is 19.1. The fourth-order valence-electron chi connectivity index (χ4n) is 0.778. The van der Waals surface area contributed by atoms with Crippen LogP contribution in [0, 0.1) is 17.3 Å². The van der Waals surface area contributed by atoms with Crippen LogP contribution in [0.2, 0.25) is 0 Å². The summed E-state index contributed by atoms with van der Waals surface area (Å²) in [4.78, 5) is 0. The van der Waals surface area contributed by atoms with Crippen LogP contribution in [0.15, 0.2) is 24.3 Å². The lowest BCUT2D eigenvalue weighted by atomic mass is 9.80. The van der Waals surface area contributed by atoms with Crippen LogP contribution in [0.4, 0.5) is 4.39 Å². The van der Waals surface area contributed by atoms with Crippen LogP contribution < -0.4 is 5.46 Å². The standard InChI is InChI=1S/C7H5BFNO2/c9-7-3-1-2-6(4-7)8(11)12-5-10/h1-4,11H. The number of rotatable bonds is 2. The van der Waals surface area contributed by atoms with E-state index in [-0.39, 0.29) is 5.46 Å². The first-order chi connectivity index (χ1) is 5.74. The van der Waals surface area contributed by atoms with Gasteiger partial charge in [-0.3, -0.25) is 0 Å². The molecule has 12 heavy (non-hydrogen) atoms. The third-order valence-corrected chi connectivity index (χ3v) is 1.30. The monoisotopic (exact) mass is 165 g/mol. The quantitative estimate of drug-likeness (QED) is 0.496. The molecule has 1 rings (SSSR count). The number of hydrogen-bond donors (Lipinski definition) is 1. The number of halogens is 1. The van der Waals surface area contributed by atoms with E-state index in [1.54, 1.807) is 0 Å². The highest BCUT2D eigenvalue weighted by Gasteiger charge is 2.17. The van der Waals surface area contributed by atoms with E-state index < -0.39 is 12.9 Å². The number of nitriles is 1. The average molecular weight is 165 g/mol. The minimum atomic E-state index is -1.38. The van der Waals surface area contributed by atoms with Gasteiger partial charge in [0.05, 0.1) is 0 Å². The summed E-state index contributed by atoms with van der Waals surface area (Å²) >= 11 is 0. The van der Waals surface area contributed by atoms with E-state index in [1.165, 1.54) is 24.5 Å². The van der Waals surface area contributed by atoms with Gasteiger partial charge in [-0.2, -0.15) is 5.26 Å². The van der Waals surface area contributed by atoms with Crippen molar-refractivity contribution in [1.29, 1.82) is 5.26 Å². The maximum atomic E-state index is 12.5. The van der Waals surface area contributed by atoms with E-state index in [0.29, 0.717) is 0 Å². The van der Waals surface area contributed by atoms with Crippen LogP contribution in [-0.2, 0) is 4.65 Å². The van der Waals surface area contributed by atoms with Gasteiger partial charge in [-0.25, -0.2) is 4.39 Å². The predicted octanol–water partition coefficient (Wildman–Crippen LogP) is 0.0109. The maximum absolute atomic E-state index is 12.5. The molecule has 1 aromatic rings. The van der Waals surface area contributed by atoms with E-state index in [1.807, 2.05) is 0 Å². The molecule has 0 aliphatic rings. The molecule has 0 aliphatic heterocycles. The van der Waals surface area contributed by atoms with Gasteiger partial charge in [0.15, 0.2) is 0 Å². The van der Waals surface area contributed by atoms with Crippen molar-refractivity contribution in [1.82, 2.24) is 0 Å². The lowest BCUT2D eigenvalue weighted by molar-refractivity contribution is 0.402. The van der Waals surface area contributed by atoms with Crippen LogP contribution in [-0.4, -0.2) is 12.1 Å². The zero-order valence-electron chi connectivity index (χ0n) is 6.07. The SMILES string of the molecule is N#COB(O)c1cccc(F)c1. The van der Waals surface area contributed by atoms with Crippen LogP contribution >= 0.6 is 0 Å². The second-order valence-electron chi connectivity index (χ2n) is 2.12. The first-order valence-corrected chi connectivity index (χ1v) is 3.22. The fraction of sp³-hybridized carbons (Fsp3) is 0. The number of nitrogens with zero attached hydrogens (tertiary/aromatic N) is 1. The molecule has 0 amide bonds. The van der Waals surface area contributed by atoms with Crippen molar-refractivity contribution in [2.75, 3.05) is 0 Å². The molecule has 0 fully saturated rings. The highest BCUT2D eigenvalue weighted by molar-refractivity contribution is 6.60. The van der Waals surface area contributed by atoms with Crippen molar-refractivity contribution in [3.63, 3.8) is 0 Å². The van der Waals surface area contributed by atoms with Gasteiger partial charge in [0, 0.05) is 5.46 Å². The molecule has 1 N–H and O–H groups in total. The van der Waals surface area contributed by atoms with Crippen molar-refractivity contribution in [2.24, 2.45) is 0 Å². The second kappa shape index (κ2) is 3.74. The molecule has 0 spiro atoms. The van der Waals surface area contributed by atoms with Gasteiger partial charge >= 0.3 is 7.12 Å². The zero-order valence-corrected chi connectivity index (χ0v) is 6.07. The van der Waals surface area contributed by atoms with Crippen molar-refractivity contribution in [2.45, 2.75) is 0 Å². The van der Waals surface area contributed by atoms with Crippen LogP contribution in [0.25, 0.3) is 0 Å². The summed E-state index contributed by atoms with van der Waals surface area (Å²) in [5.74, 6) is -0.479. The van der Waals surface area contributed by atoms with Gasteiger partial charge in [0.25, 0.3) is 6.26 Å². The molecule has 0 aliphatic carbocycles. The molecule has 0 radical (unpaired) electrons. The zero-order chi connectivity index (χ0) is 8.97. The molecule has 0 saturated carbocycles. The molecule has 0 atom stereocenters. The average Bonchev–Trinajstić information content (AvgIpc) is 2.05. The Balaban J connectivity index is 2.82. The van der Waals surface area contributed by atoms with Crippen LogP contribution in [0.3, 0.4) is 0 Å². The largest absolute Gasteiger partial charge is 0.570 e. The summed E-state index contributed by atoms with van der Waals surface area (Å²) < 4.78 is 16.7. The van der Waals surface area contributed by atoms with Gasteiger partial charge in [0.2, 0.25) is 0 Å². The third kappa shape index (κ3) is 1.97. The summed E-state index contributed by atoms with van der Waals surface area (Å²) in [6.45, 7) is 0. The van der Waals surface area contributed by atoms with Crippen LogP contribution in [0.5, 0.6) is 0 Å². The Labute approximate surface area is 69.2 Å². The minimum Gasteiger partial charge on any atom is -0.463 e. The Morgan fingerprint density at radius 2 is 2.33 bits per heavy atom. The lowest BCUT2D eigenvalue weighted by Gasteiger charge is -2.00. The highest BCUT2D eigenvalue weighted by Crippen LogP contribution is 1.94. The van der Waals surface area contributed by atoms with E-state index in [2.05, 4.69) is 4.65 Å². The molecule has 0 heterocycles. The molecule has 5 heteroatoms. The molecular weight excluding hydrogens is 160 g/mol. The number of benzene rings is 1. The molecule has 1 aromatic carbocycles. The van der Waals surface area contributed by atoms with Gasteiger partial charge < -0.3 is 9.68 Å². The summed E-state index contributed by atoms with van der Waals surface area (Å²) in [7, 11) is -1.38. The predicted molar refractivity (Wildman–Crippen MR) is 40.7 cm³/mol. The van der Waals surface area contributed by atoms with E-state index in [4.69, 9.17) is 10.3 Å². The lowest BCUT2D eigenvalue weighted by Crippen LogP contribution is -2.32. The smallest absolute Gasteiger partial charge is 0.463 e. The first-order valence-electron chi connectivity index (χ1n) is 3.22. The summed E-state index contributed by atoms with van der Waals surface area (Å²) in [5.41, 5.74) is 0.219. The Bertz CT molecular complexity index is 313. The van der Waals surface area contributed by atoms with Gasteiger partial charge in [-0.1, -0.05) is 12.1 Å². The van der Waals surface area contributed by atoms with E-state index >= 15 is 0 Å².